The highest BCUT2D eigenvalue weighted by Crippen LogP contribution is 2.33. The summed E-state index contributed by atoms with van der Waals surface area (Å²) < 4.78 is 41.7. The summed E-state index contributed by atoms with van der Waals surface area (Å²) >= 11 is 7.82. The van der Waals surface area contributed by atoms with E-state index in [0.717, 1.165) is 27.5 Å². The quantitative estimate of drug-likeness (QED) is 0.538. The number of hydrogen-bond donors (Lipinski definition) is 0. The van der Waals surface area contributed by atoms with Gasteiger partial charge in [0, 0.05) is 32.7 Å². The molecule has 3 heterocycles. The number of piperazine rings is 1. The van der Waals surface area contributed by atoms with Gasteiger partial charge in [0.1, 0.15) is 17.4 Å². The Morgan fingerprint density at radius 2 is 1.79 bits per heavy atom. The van der Waals surface area contributed by atoms with Crippen LogP contribution in [-0.2, 0) is 14.8 Å². The van der Waals surface area contributed by atoms with Crippen LogP contribution in [0.5, 0.6) is 0 Å². The van der Waals surface area contributed by atoms with Crippen LogP contribution < -0.4 is 4.90 Å². The molecular formula is C22H22ClFN4O3S2. The monoisotopic (exact) mass is 508 g/mol. The van der Waals surface area contributed by atoms with Gasteiger partial charge in [0.05, 0.1) is 14.6 Å². The van der Waals surface area contributed by atoms with Gasteiger partial charge in [0.25, 0.3) is 0 Å². The molecule has 11 heteroatoms. The predicted molar refractivity (Wildman–Crippen MR) is 127 cm³/mol. The van der Waals surface area contributed by atoms with Gasteiger partial charge in [-0.3, -0.25) is 4.79 Å². The maximum absolute atomic E-state index is 13.3. The van der Waals surface area contributed by atoms with E-state index >= 15 is 0 Å². The van der Waals surface area contributed by atoms with Crippen LogP contribution in [0.4, 0.5) is 9.52 Å². The van der Waals surface area contributed by atoms with E-state index in [1.54, 1.807) is 16.2 Å². The first-order chi connectivity index (χ1) is 15.8. The van der Waals surface area contributed by atoms with Gasteiger partial charge in [-0.05, 0) is 49.2 Å². The molecule has 2 fully saturated rings. The van der Waals surface area contributed by atoms with Crippen LogP contribution in [0.2, 0.25) is 5.02 Å². The number of halogens is 2. The van der Waals surface area contributed by atoms with Crippen molar-refractivity contribution in [2.45, 2.75) is 23.8 Å². The summed E-state index contributed by atoms with van der Waals surface area (Å²) in [5, 5.41) is 1.49. The topological polar surface area (TPSA) is 73.8 Å². The van der Waals surface area contributed by atoms with Crippen molar-refractivity contribution in [1.29, 1.82) is 0 Å². The number of thiazole rings is 1. The molecule has 3 aromatic rings. The van der Waals surface area contributed by atoms with Gasteiger partial charge >= 0.3 is 0 Å². The molecule has 1 aromatic heterocycles. The zero-order valence-corrected chi connectivity index (χ0v) is 20.0. The Kier molecular flexibility index (Phi) is 6.02. The first-order valence-corrected chi connectivity index (χ1v) is 13.3. The van der Waals surface area contributed by atoms with Gasteiger partial charge in [-0.15, -0.1) is 0 Å². The van der Waals surface area contributed by atoms with Crippen LogP contribution in [0.1, 0.15) is 12.8 Å². The molecule has 2 aliphatic heterocycles. The largest absolute Gasteiger partial charge is 0.345 e. The number of carbonyl (C=O) groups is 1. The van der Waals surface area contributed by atoms with Crippen LogP contribution in [0.25, 0.3) is 10.2 Å². The standard InChI is InChI=1S/C22H22ClFN4O3S2/c23-17-3-1-5-19-20(17)25-22(32-19)27-13-11-26(12-14-27)21(29)18-4-2-10-28(18)33(30,31)16-8-6-15(24)7-9-16/h1,3,5-9,18H,2,4,10-14H2. The molecule has 174 valence electrons. The van der Waals surface area contributed by atoms with E-state index in [0.29, 0.717) is 44.0 Å². The first-order valence-electron chi connectivity index (χ1n) is 10.7. The second-order valence-electron chi connectivity index (χ2n) is 8.12. The summed E-state index contributed by atoms with van der Waals surface area (Å²) in [6, 6.07) is 9.70. The molecule has 0 saturated carbocycles. The molecule has 2 saturated heterocycles. The molecule has 1 atom stereocenters. The maximum atomic E-state index is 13.3. The number of aromatic nitrogens is 1. The fraction of sp³-hybridized carbons (Fsp3) is 0.364. The van der Waals surface area contributed by atoms with Crippen LogP contribution in [0, 0.1) is 5.82 Å². The van der Waals surface area contributed by atoms with Crippen molar-refractivity contribution in [3.8, 4) is 0 Å². The Morgan fingerprint density at radius 1 is 1.06 bits per heavy atom. The lowest BCUT2D eigenvalue weighted by Gasteiger charge is -2.37. The average Bonchev–Trinajstić information content (AvgIpc) is 3.48. The fourth-order valence-electron chi connectivity index (χ4n) is 4.38. The Bertz CT molecular complexity index is 1290. The van der Waals surface area contributed by atoms with Crippen molar-refractivity contribution in [2.24, 2.45) is 0 Å². The summed E-state index contributed by atoms with van der Waals surface area (Å²) in [5.74, 6) is -0.679. The van der Waals surface area contributed by atoms with Gasteiger partial charge in [-0.25, -0.2) is 17.8 Å². The van der Waals surface area contributed by atoms with Crippen molar-refractivity contribution in [1.82, 2.24) is 14.2 Å². The Hall–Kier alpha value is -2.27. The molecular weight excluding hydrogens is 487 g/mol. The van der Waals surface area contributed by atoms with E-state index in [1.807, 2.05) is 18.2 Å². The number of anilines is 1. The van der Waals surface area contributed by atoms with E-state index in [9.17, 15) is 17.6 Å². The number of rotatable bonds is 4. The molecule has 5 rings (SSSR count). The minimum absolute atomic E-state index is 0.00270. The third kappa shape index (κ3) is 4.21. The maximum Gasteiger partial charge on any atom is 0.243 e. The van der Waals surface area contributed by atoms with Crippen LogP contribution in [0.15, 0.2) is 47.4 Å². The van der Waals surface area contributed by atoms with E-state index in [4.69, 9.17) is 11.6 Å². The Morgan fingerprint density at radius 3 is 2.48 bits per heavy atom. The molecule has 0 N–H and O–H groups in total. The lowest BCUT2D eigenvalue weighted by Crippen LogP contribution is -2.54. The Balaban J connectivity index is 1.28. The SMILES string of the molecule is O=C(C1CCCN1S(=O)(=O)c1ccc(F)cc1)N1CCN(c2nc3c(Cl)cccc3s2)CC1. The van der Waals surface area contributed by atoms with Crippen LogP contribution >= 0.6 is 22.9 Å². The number of benzene rings is 2. The van der Waals surface area contributed by atoms with Crippen molar-refractivity contribution >= 4 is 54.2 Å². The molecule has 2 aromatic carbocycles. The lowest BCUT2D eigenvalue weighted by atomic mass is 10.2. The molecule has 0 aliphatic carbocycles. The molecule has 33 heavy (non-hydrogen) atoms. The van der Waals surface area contributed by atoms with Crippen molar-refractivity contribution in [2.75, 3.05) is 37.6 Å². The summed E-state index contributed by atoms with van der Waals surface area (Å²) in [4.78, 5) is 21.8. The summed E-state index contributed by atoms with van der Waals surface area (Å²) in [5.41, 5.74) is 0.783. The summed E-state index contributed by atoms with van der Waals surface area (Å²) in [6.45, 7) is 2.48. The Labute approximate surface area is 200 Å². The summed E-state index contributed by atoms with van der Waals surface area (Å²) in [7, 11) is -3.87. The van der Waals surface area contributed by atoms with Crippen molar-refractivity contribution < 1.29 is 17.6 Å². The summed E-state index contributed by atoms with van der Waals surface area (Å²) in [6.07, 6.45) is 1.10. The van der Waals surface area contributed by atoms with E-state index in [-0.39, 0.29) is 17.3 Å². The second kappa shape index (κ2) is 8.83. The van der Waals surface area contributed by atoms with Gasteiger partial charge in [0.15, 0.2) is 5.13 Å². The predicted octanol–water partition coefficient (Wildman–Crippen LogP) is 3.59. The number of carbonyl (C=O) groups excluding carboxylic acids is 1. The molecule has 0 bridgehead atoms. The minimum atomic E-state index is -3.87. The molecule has 1 unspecified atom stereocenters. The lowest BCUT2D eigenvalue weighted by molar-refractivity contribution is -0.134. The zero-order chi connectivity index (χ0) is 23.2. The first kappa shape index (κ1) is 22.5. The zero-order valence-electron chi connectivity index (χ0n) is 17.7. The molecule has 1 amide bonds. The van der Waals surface area contributed by atoms with Gasteiger partial charge in [0.2, 0.25) is 15.9 Å². The molecule has 0 spiro atoms. The highest BCUT2D eigenvalue weighted by molar-refractivity contribution is 7.89. The number of amides is 1. The average molecular weight is 509 g/mol. The highest BCUT2D eigenvalue weighted by Gasteiger charge is 2.41. The number of hydrogen-bond acceptors (Lipinski definition) is 6. The van der Waals surface area contributed by atoms with Crippen molar-refractivity contribution in [3.05, 3.63) is 53.3 Å². The molecule has 0 radical (unpaired) electrons. The highest BCUT2D eigenvalue weighted by atomic mass is 35.5. The normalized spacial score (nSPS) is 20.0. The van der Waals surface area contributed by atoms with E-state index in [2.05, 4.69) is 9.88 Å². The van der Waals surface area contributed by atoms with E-state index < -0.39 is 21.9 Å². The fourth-order valence-corrected chi connectivity index (χ4v) is 7.35. The minimum Gasteiger partial charge on any atom is -0.345 e. The number of para-hydroxylation sites is 1. The van der Waals surface area contributed by atoms with Crippen LogP contribution in [0.3, 0.4) is 0 Å². The molecule has 2 aliphatic rings. The smallest absolute Gasteiger partial charge is 0.243 e. The van der Waals surface area contributed by atoms with E-state index in [1.165, 1.54) is 16.4 Å². The van der Waals surface area contributed by atoms with Gasteiger partial charge in [-0.2, -0.15) is 4.31 Å². The van der Waals surface area contributed by atoms with Gasteiger partial charge < -0.3 is 9.80 Å². The van der Waals surface area contributed by atoms with Gasteiger partial charge in [-0.1, -0.05) is 29.0 Å². The van der Waals surface area contributed by atoms with Crippen molar-refractivity contribution in [3.63, 3.8) is 0 Å². The molecule has 7 nitrogen and oxygen atoms in total. The van der Waals surface area contributed by atoms with Crippen LogP contribution in [-0.4, -0.2) is 67.3 Å². The third-order valence-corrected chi connectivity index (χ3v) is 9.44. The number of sulfonamides is 1. The number of fused-ring (bicyclic) bond motifs is 1. The third-order valence-electron chi connectivity index (χ3n) is 6.13. The number of nitrogens with zero attached hydrogens (tertiary/aromatic N) is 4. The second-order valence-corrected chi connectivity index (χ2v) is 11.4.